The Labute approximate surface area is 697 Å². The fourth-order valence-corrected chi connectivity index (χ4v) is 19.7. The highest BCUT2D eigenvalue weighted by atomic mass is 32.2. The standard InChI is InChI=1S/3C22H32FN6O9PS/c3*1-6-34-20(31)25-10-21(2,3)18(30)40-8-7-35-39(32)36-9-12-14(38-39)22(4,23)17(37-12)29-11-26-13-15(29)27-19(24)28-16(13)33-5/h3*11-12,14,17H,6-10H2,1-5H3,(H,25,31)(H2,24,27,28)/t12-,14-,17-,22-,39?;12-,14-,17-,22-,39+;12-,14-,17-,22-,39-/m111/s1. The average molecular weight is 1820 g/mol. The molecule has 1 unspecified atom stereocenters. The molecule has 6 aliphatic heterocycles. The van der Waals surface area contributed by atoms with Gasteiger partial charge in [-0.1, -0.05) is 76.8 Å². The van der Waals surface area contributed by atoms with Gasteiger partial charge in [0.05, 0.1) is 116 Å². The summed E-state index contributed by atoms with van der Waals surface area (Å²) in [6.45, 7) is 18.3. The van der Waals surface area contributed by atoms with Gasteiger partial charge in [0.25, 0.3) is 0 Å². The molecule has 12 heterocycles. The Morgan fingerprint density at radius 2 is 0.717 bits per heavy atom. The highest BCUT2D eigenvalue weighted by molar-refractivity contribution is 8.14. The molecule has 120 heavy (non-hydrogen) atoms. The van der Waals surface area contributed by atoms with Crippen molar-refractivity contribution in [1.29, 1.82) is 0 Å². The molecule has 9 N–H and O–H groups in total. The normalized spacial score (nSPS) is 28.3. The molecular weight excluding hydrogens is 1720 g/mol. The molecule has 45 nitrogen and oxygen atoms in total. The van der Waals surface area contributed by atoms with Crippen molar-refractivity contribution in [2.45, 2.75) is 155 Å². The van der Waals surface area contributed by atoms with Gasteiger partial charge < -0.3 is 75.8 Å². The van der Waals surface area contributed by atoms with Crippen molar-refractivity contribution in [2.75, 3.05) is 135 Å². The van der Waals surface area contributed by atoms with Crippen LogP contribution in [0.5, 0.6) is 17.6 Å². The van der Waals surface area contributed by atoms with Crippen molar-refractivity contribution < 1.29 is 139 Å². The quantitative estimate of drug-likeness (QED) is 0.0142. The van der Waals surface area contributed by atoms with Crippen LogP contribution in [0.1, 0.15) is 102 Å². The second-order valence-electron chi connectivity index (χ2n) is 29.4. The zero-order valence-corrected chi connectivity index (χ0v) is 73.0. The first kappa shape index (κ1) is 94.6. The molecule has 6 aliphatic rings. The van der Waals surface area contributed by atoms with Crippen LogP contribution < -0.4 is 47.4 Å². The third-order valence-corrected chi connectivity index (χ3v) is 26.6. The summed E-state index contributed by atoms with van der Waals surface area (Å²) in [5.74, 6) is 0.380. The van der Waals surface area contributed by atoms with E-state index in [2.05, 4.69) is 60.8 Å². The topological polar surface area (TPSA) is 565 Å². The summed E-state index contributed by atoms with van der Waals surface area (Å²) >= 11 is 2.79. The van der Waals surface area contributed by atoms with Crippen LogP contribution in [0, 0.1) is 16.2 Å². The van der Waals surface area contributed by atoms with Gasteiger partial charge in [0, 0.05) is 36.9 Å². The molecule has 0 saturated carbocycles. The largest absolute Gasteiger partial charge is 0.479 e. The van der Waals surface area contributed by atoms with Gasteiger partial charge in [-0.25, -0.2) is 56.2 Å². The van der Waals surface area contributed by atoms with Gasteiger partial charge in [-0.05, 0) is 41.5 Å². The Morgan fingerprint density at radius 3 is 0.950 bits per heavy atom. The second kappa shape index (κ2) is 38.6. The van der Waals surface area contributed by atoms with Crippen LogP contribution in [0.4, 0.5) is 45.4 Å². The minimum Gasteiger partial charge on any atom is -0.479 e. The lowest BCUT2D eigenvalue weighted by Crippen LogP contribution is -2.44. The Kier molecular flexibility index (Phi) is 30.4. The van der Waals surface area contributed by atoms with E-state index in [4.69, 9.17) is 101 Å². The highest BCUT2D eigenvalue weighted by Gasteiger charge is 2.65. The first-order chi connectivity index (χ1) is 56.4. The number of rotatable bonds is 30. The van der Waals surface area contributed by atoms with Crippen molar-refractivity contribution in [1.82, 2.24) is 74.5 Å². The van der Waals surface area contributed by atoms with E-state index in [0.29, 0.717) is 0 Å². The highest BCUT2D eigenvalue weighted by Crippen LogP contribution is 2.63. The van der Waals surface area contributed by atoms with Gasteiger partial charge in [0.2, 0.25) is 35.5 Å². The number of phosphoric acid groups is 3. The monoisotopic (exact) mass is 1820 g/mol. The number of alkyl carbamates (subject to hydrolysis) is 3. The fraction of sp³-hybridized carbons (Fsp3) is 0.682. The molecule has 6 saturated heterocycles. The molecule has 12 rings (SSSR count). The molecule has 666 valence electrons. The minimum absolute atomic E-state index is 0.0696. The molecule has 6 aromatic rings. The van der Waals surface area contributed by atoms with E-state index < -0.39 is 130 Å². The molecule has 6 fully saturated rings. The van der Waals surface area contributed by atoms with Crippen LogP contribution in [0.2, 0.25) is 0 Å². The molecule has 0 aliphatic carbocycles. The number of carbonyl (C=O) groups is 6. The molecule has 3 amide bonds. The number of methoxy groups -OCH3 is 3. The molecule has 0 spiro atoms. The summed E-state index contributed by atoms with van der Waals surface area (Å²) in [5.41, 5.74) is 9.28. The SMILES string of the molecule is CCOC(=O)NCC(C)(C)C(=O)SCCOP1(=O)OC[C@H]2O[C@@H](n3cnc4c(OC)nc(N)nc43)[C@](C)(F)[C@@H]2O1.CCOC(=O)NCC(C)(C)C(=O)SCCO[P@@]1(=O)OC[C@H]2O[C@@H](n3cnc4c(OC)nc(N)nc43)[C@](C)(F)[C@@H]2O1.CCOC(=O)NCC(C)(C)C(=O)SCCO[P@]1(=O)OC[C@H]2O[C@@H](n3cnc4c(OC)nc(N)nc43)[C@](C)(F)[C@@H]2O1. The van der Waals surface area contributed by atoms with E-state index in [9.17, 15) is 42.5 Å². The maximum atomic E-state index is 16.2. The summed E-state index contributed by atoms with van der Waals surface area (Å²) in [5, 5.41) is 6.91. The van der Waals surface area contributed by atoms with Crippen LogP contribution in [0.15, 0.2) is 19.0 Å². The summed E-state index contributed by atoms with van der Waals surface area (Å²) in [7, 11) is -8.36. The molecule has 6 aromatic heterocycles. The lowest BCUT2D eigenvalue weighted by Gasteiger charge is -2.33. The first-order valence-corrected chi connectivity index (χ1v) is 44.4. The van der Waals surface area contributed by atoms with Crippen LogP contribution in [0.25, 0.3) is 33.5 Å². The smallest absolute Gasteiger partial charge is 0.475 e. The lowest BCUT2D eigenvalue weighted by atomic mass is 9.96. The number of nitrogens with one attached hydrogen (secondary N) is 3. The number of ether oxygens (including phenoxy) is 9. The number of amides is 3. The van der Waals surface area contributed by atoms with E-state index in [0.717, 1.165) is 35.3 Å². The van der Waals surface area contributed by atoms with Crippen molar-refractivity contribution in [3.8, 4) is 17.6 Å². The van der Waals surface area contributed by atoms with Crippen LogP contribution in [-0.4, -0.2) is 263 Å². The number of hydrogen-bond donors (Lipinski definition) is 6. The number of phosphoric ester groups is 3. The van der Waals surface area contributed by atoms with E-state index in [-0.39, 0.29) is 181 Å². The number of imidazole rings is 3. The van der Waals surface area contributed by atoms with Crippen molar-refractivity contribution in [3.05, 3.63) is 19.0 Å². The minimum atomic E-state index is -4.18. The number of fused-ring (bicyclic) bond motifs is 6. The van der Waals surface area contributed by atoms with Gasteiger partial charge in [-0.2, -0.15) is 29.9 Å². The second-order valence-corrected chi connectivity index (χ2v) is 37.4. The van der Waals surface area contributed by atoms with Crippen LogP contribution in [0.3, 0.4) is 0 Å². The van der Waals surface area contributed by atoms with Crippen molar-refractivity contribution in [2.24, 2.45) is 16.2 Å². The number of carbonyl (C=O) groups excluding carboxylic acids is 6. The number of nitrogens with zero attached hydrogens (tertiary/aromatic N) is 12. The third kappa shape index (κ3) is 21.6. The predicted octanol–water partition coefficient (Wildman–Crippen LogP) is 7.84. The number of alkyl halides is 3. The Balaban J connectivity index is 0.000000189. The zero-order valence-electron chi connectivity index (χ0n) is 67.9. The van der Waals surface area contributed by atoms with Crippen LogP contribution >= 0.6 is 58.8 Å². The molecule has 0 radical (unpaired) electrons. The fourth-order valence-electron chi connectivity index (χ4n) is 12.5. The van der Waals surface area contributed by atoms with Crippen molar-refractivity contribution in [3.63, 3.8) is 0 Å². The van der Waals surface area contributed by atoms with E-state index in [1.807, 2.05) is 0 Å². The van der Waals surface area contributed by atoms with Gasteiger partial charge in [0.15, 0.2) is 84.5 Å². The van der Waals surface area contributed by atoms with Gasteiger partial charge >= 0.3 is 41.7 Å². The van der Waals surface area contributed by atoms with E-state index in [1.54, 1.807) is 62.3 Å². The molecule has 0 aromatic carbocycles. The molecule has 0 bridgehead atoms. The zero-order chi connectivity index (χ0) is 87.9. The van der Waals surface area contributed by atoms with Crippen molar-refractivity contribution >= 4 is 144 Å². The third-order valence-electron chi connectivity index (χ3n) is 18.7. The average Bonchev–Trinajstić information content (AvgIpc) is 1.59. The number of aromatic nitrogens is 12. The maximum absolute atomic E-state index is 16.2. The number of nitrogen functional groups attached to an aromatic ring is 3. The summed E-state index contributed by atoms with van der Waals surface area (Å²) in [4.78, 5) is 109. The van der Waals surface area contributed by atoms with Gasteiger partial charge in [-0.15, -0.1) is 0 Å². The number of nitrogens with two attached hydrogens (primary N) is 3. The molecule has 54 heteroatoms. The molecular formula is C66H96F3N18O27P3S3. The summed E-state index contributed by atoms with van der Waals surface area (Å²) in [6, 6.07) is 0. The summed E-state index contributed by atoms with van der Waals surface area (Å²) < 4.78 is 188. The van der Waals surface area contributed by atoms with E-state index in [1.165, 1.54) is 74.8 Å². The maximum Gasteiger partial charge on any atom is 0.475 e. The summed E-state index contributed by atoms with van der Waals surface area (Å²) in [6.07, 6.45) is -8.38. The predicted molar refractivity (Wildman–Crippen MR) is 421 cm³/mol. The number of hydrogen-bond acceptors (Lipinski definition) is 42. The van der Waals surface area contributed by atoms with Crippen LogP contribution in [-0.2, 0) is 97.2 Å². The van der Waals surface area contributed by atoms with E-state index >= 15 is 13.2 Å². The molecule has 15 atom stereocenters. The Hall–Kier alpha value is -7.68. The van der Waals surface area contributed by atoms with Gasteiger partial charge in [-0.3, -0.25) is 68.8 Å². The first-order valence-electron chi connectivity index (χ1n) is 37.0. The number of anilines is 3. The Bertz CT molecular complexity index is 4400. The van der Waals surface area contributed by atoms with Gasteiger partial charge in [0.1, 0.15) is 36.6 Å². The Morgan fingerprint density at radius 1 is 0.467 bits per heavy atom. The lowest BCUT2D eigenvalue weighted by molar-refractivity contribution is -0.118. The number of thioether (sulfide) groups is 3. The number of halogens is 3.